The van der Waals surface area contributed by atoms with Gasteiger partial charge in [0.25, 0.3) is 0 Å². The molecule has 4 rings (SSSR count). The predicted octanol–water partition coefficient (Wildman–Crippen LogP) is 3.96. The molecule has 1 aromatic heterocycles. The number of fused-ring (bicyclic) bond motifs is 2. The van der Waals surface area contributed by atoms with Gasteiger partial charge < -0.3 is 14.6 Å². The molecule has 0 radical (unpaired) electrons. The number of rotatable bonds is 3. The van der Waals surface area contributed by atoms with E-state index in [0.717, 1.165) is 49.0 Å². The molecule has 0 atom stereocenters. The zero-order chi connectivity index (χ0) is 20.8. The van der Waals surface area contributed by atoms with Crippen LogP contribution in [-0.4, -0.2) is 64.0 Å². The van der Waals surface area contributed by atoms with Crippen molar-refractivity contribution in [3.63, 3.8) is 0 Å². The Bertz CT molecular complexity index is 975. The topological polar surface area (TPSA) is 61.1 Å². The van der Waals surface area contributed by atoms with E-state index in [0.29, 0.717) is 23.1 Å². The number of aromatic nitrogens is 1. The minimum Gasteiger partial charge on any atom is -0.481 e. The van der Waals surface area contributed by atoms with Crippen molar-refractivity contribution >= 4 is 40.7 Å². The normalized spacial score (nSPS) is 17.4. The van der Waals surface area contributed by atoms with E-state index in [1.54, 1.807) is 13.8 Å². The molecule has 0 aliphatic carbocycles. The summed E-state index contributed by atoms with van der Waals surface area (Å²) < 4.78 is 2.11. The van der Waals surface area contributed by atoms with E-state index < -0.39 is 11.4 Å². The van der Waals surface area contributed by atoms with Gasteiger partial charge in [0.15, 0.2) is 5.84 Å². The summed E-state index contributed by atoms with van der Waals surface area (Å²) in [5.74, 6) is 0.130. The van der Waals surface area contributed by atoms with E-state index in [1.165, 1.54) is 0 Å². The number of piperazine rings is 1. The van der Waals surface area contributed by atoms with Gasteiger partial charge in [0.2, 0.25) is 0 Å². The SMILES string of the molecule is CC(C)(CN1CCN(C2=Nc3ccc(Cl)cc3Cn3cc(Cl)cc32)CC1)C(=O)O. The lowest BCUT2D eigenvalue weighted by molar-refractivity contribution is -0.148. The first-order valence-corrected chi connectivity index (χ1v) is 10.4. The summed E-state index contributed by atoms with van der Waals surface area (Å²) in [6.45, 7) is 7.88. The highest BCUT2D eigenvalue weighted by molar-refractivity contribution is 6.31. The van der Waals surface area contributed by atoms with Crippen LogP contribution in [0.25, 0.3) is 0 Å². The Morgan fingerprint density at radius 1 is 1.14 bits per heavy atom. The number of benzene rings is 1. The van der Waals surface area contributed by atoms with Crippen LogP contribution in [0.4, 0.5) is 5.69 Å². The van der Waals surface area contributed by atoms with Crippen LogP contribution in [-0.2, 0) is 11.3 Å². The second-order valence-corrected chi connectivity index (χ2v) is 9.21. The van der Waals surface area contributed by atoms with Crippen molar-refractivity contribution in [3.8, 4) is 0 Å². The molecule has 0 spiro atoms. The molecule has 154 valence electrons. The lowest BCUT2D eigenvalue weighted by Gasteiger charge is -2.38. The van der Waals surface area contributed by atoms with E-state index in [9.17, 15) is 9.90 Å². The molecular formula is C21H24Cl2N4O2. The van der Waals surface area contributed by atoms with Gasteiger partial charge in [0, 0.05) is 50.5 Å². The first kappa shape index (κ1) is 20.3. The van der Waals surface area contributed by atoms with Crippen LogP contribution in [0.3, 0.4) is 0 Å². The summed E-state index contributed by atoms with van der Waals surface area (Å²) >= 11 is 12.5. The quantitative estimate of drug-likeness (QED) is 0.793. The van der Waals surface area contributed by atoms with Gasteiger partial charge in [-0.3, -0.25) is 9.69 Å². The van der Waals surface area contributed by atoms with Crippen LogP contribution in [0.5, 0.6) is 0 Å². The van der Waals surface area contributed by atoms with Gasteiger partial charge in [-0.2, -0.15) is 0 Å². The molecule has 6 nitrogen and oxygen atoms in total. The average Bonchev–Trinajstić information content (AvgIpc) is 2.94. The third-order valence-electron chi connectivity index (χ3n) is 5.57. The van der Waals surface area contributed by atoms with Gasteiger partial charge in [0.05, 0.1) is 21.8 Å². The zero-order valence-corrected chi connectivity index (χ0v) is 18.0. The molecule has 0 bridgehead atoms. The Kier molecular flexibility index (Phi) is 5.36. The van der Waals surface area contributed by atoms with Crippen LogP contribution >= 0.6 is 23.2 Å². The number of amidine groups is 1. The highest BCUT2D eigenvalue weighted by Crippen LogP contribution is 2.31. The summed E-state index contributed by atoms with van der Waals surface area (Å²) in [6.07, 6.45) is 1.92. The Morgan fingerprint density at radius 3 is 2.55 bits per heavy atom. The summed E-state index contributed by atoms with van der Waals surface area (Å²) in [6, 6.07) is 7.72. The van der Waals surface area contributed by atoms with E-state index in [2.05, 4.69) is 14.4 Å². The first-order valence-electron chi connectivity index (χ1n) is 9.67. The number of hydrogen-bond donors (Lipinski definition) is 1. The largest absolute Gasteiger partial charge is 0.481 e. The molecule has 0 saturated carbocycles. The summed E-state index contributed by atoms with van der Waals surface area (Å²) in [4.78, 5) is 20.9. The van der Waals surface area contributed by atoms with E-state index >= 15 is 0 Å². The van der Waals surface area contributed by atoms with Gasteiger partial charge in [-0.05, 0) is 43.7 Å². The lowest BCUT2D eigenvalue weighted by atomic mass is 9.93. The number of carboxylic acids is 1. The highest BCUT2D eigenvalue weighted by Gasteiger charge is 2.32. The lowest BCUT2D eigenvalue weighted by Crippen LogP contribution is -2.52. The van der Waals surface area contributed by atoms with Crippen LogP contribution in [0.1, 0.15) is 25.1 Å². The Hall–Kier alpha value is -2.02. The van der Waals surface area contributed by atoms with Crippen molar-refractivity contribution in [1.82, 2.24) is 14.4 Å². The highest BCUT2D eigenvalue weighted by atomic mass is 35.5. The molecule has 8 heteroatoms. The van der Waals surface area contributed by atoms with Gasteiger partial charge >= 0.3 is 5.97 Å². The van der Waals surface area contributed by atoms with E-state index in [1.807, 2.05) is 30.5 Å². The fourth-order valence-electron chi connectivity index (χ4n) is 3.91. The number of carboxylic acid groups (broad SMARTS) is 1. The van der Waals surface area contributed by atoms with Crippen LogP contribution < -0.4 is 0 Å². The standard InChI is InChI=1S/C21H24Cl2N4O2/c1-21(2,20(28)29)13-25-5-7-26(8-6-25)19-18-10-16(23)12-27(18)11-14-9-15(22)3-4-17(14)24-19/h3-4,9-10,12H,5-8,11,13H2,1-2H3,(H,28,29). The van der Waals surface area contributed by atoms with Crippen molar-refractivity contribution in [1.29, 1.82) is 0 Å². The zero-order valence-electron chi connectivity index (χ0n) is 16.5. The fraction of sp³-hybridized carbons (Fsp3) is 0.429. The van der Waals surface area contributed by atoms with Gasteiger partial charge in [0.1, 0.15) is 0 Å². The molecule has 1 N–H and O–H groups in total. The number of hydrogen-bond acceptors (Lipinski definition) is 4. The molecule has 3 heterocycles. The minimum absolute atomic E-state index is 0.534. The molecule has 2 aliphatic heterocycles. The summed E-state index contributed by atoms with van der Waals surface area (Å²) in [5.41, 5.74) is 2.20. The number of nitrogens with zero attached hydrogens (tertiary/aromatic N) is 4. The van der Waals surface area contributed by atoms with E-state index in [-0.39, 0.29) is 0 Å². The number of halogens is 2. The molecule has 2 aromatic rings. The smallest absolute Gasteiger partial charge is 0.310 e. The molecule has 0 unspecified atom stereocenters. The van der Waals surface area contributed by atoms with Crippen molar-refractivity contribution in [2.75, 3.05) is 32.7 Å². The molecule has 1 fully saturated rings. The number of aliphatic carboxylic acids is 1. The number of carbonyl (C=O) groups is 1. The molecule has 1 aromatic carbocycles. The second kappa shape index (κ2) is 7.67. The first-order chi connectivity index (χ1) is 13.7. The van der Waals surface area contributed by atoms with Gasteiger partial charge in [-0.15, -0.1) is 0 Å². The molecule has 0 amide bonds. The third-order valence-corrected chi connectivity index (χ3v) is 6.01. The Morgan fingerprint density at radius 2 is 1.86 bits per heavy atom. The molecule has 29 heavy (non-hydrogen) atoms. The maximum absolute atomic E-state index is 11.4. The van der Waals surface area contributed by atoms with Crippen LogP contribution in [0.15, 0.2) is 35.5 Å². The maximum Gasteiger partial charge on any atom is 0.310 e. The molecule has 2 aliphatic rings. The van der Waals surface area contributed by atoms with Crippen LogP contribution in [0.2, 0.25) is 10.0 Å². The Labute approximate surface area is 180 Å². The average molecular weight is 435 g/mol. The third kappa shape index (κ3) is 4.15. The minimum atomic E-state index is -0.768. The summed E-state index contributed by atoms with van der Waals surface area (Å²) in [5, 5.41) is 10.8. The van der Waals surface area contributed by atoms with Gasteiger partial charge in [-0.1, -0.05) is 23.2 Å². The monoisotopic (exact) mass is 434 g/mol. The van der Waals surface area contributed by atoms with Crippen molar-refractivity contribution in [2.45, 2.75) is 20.4 Å². The van der Waals surface area contributed by atoms with Gasteiger partial charge in [-0.25, -0.2) is 4.99 Å². The number of aliphatic imine (C=N–C) groups is 1. The molecule has 1 saturated heterocycles. The van der Waals surface area contributed by atoms with Crippen molar-refractivity contribution < 1.29 is 9.90 Å². The molecular weight excluding hydrogens is 411 g/mol. The van der Waals surface area contributed by atoms with Crippen molar-refractivity contribution in [3.05, 3.63) is 51.8 Å². The predicted molar refractivity (Wildman–Crippen MR) is 116 cm³/mol. The van der Waals surface area contributed by atoms with Crippen molar-refractivity contribution in [2.24, 2.45) is 10.4 Å². The fourth-order valence-corrected chi connectivity index (χ4v) is 4.33. The second-order valence-electron chi connectivity index (χ2n) is 8.33. The van der Waals surface area contributed by atoms with Crippen LogP contribution in [0, 0.1) is 5.41 Å². The maximum atomic E-state index is 11.4. The summed E-state index contributed by atoms with van der Waals surface area (Å²) in [7, 11) is 0. The Balaban J connectivity index is 1.59. The van der Waals surface area contributed by atoms with E-state index in [4.69, 9.17) is 28.2 Å².